The number of anilines is 1. The van der Waals surface area contributed by atoms with Gasteiger partial charge in [-0.1, -0.05) is 24.6 Å². The van der Waals surface area contributed by atoms with Crippen LogP contribution in [0.15, 0.2) is 18.2 Å². The number of carbonyl (C=O) groups is 1. The van der Waals surface area contributed by atoms with Gasteiger partial charge in [-0.05, 0) is 24.6 Å². The molecule has 0 saturated heterocycles. The lowest BCUT2D eigenvalue weighted by atomic mass is 10.1. The molecule has 82 valence electrons. The van der Waals surface area contributed by atoms with Crippen LogP contribution in [0.25, 0.3) is 0 Å². The highest BCUT2D eigenvalue weighted by molar-refractivity contribution is 6.31. The summed E-state index contributed by atoms with van der Waals surface area (Å²) in [5.74, 6) is -0.495. The summed E-state index contributed by atoms with van der Waals surface area (Å²) in [5.41, 5.74) is 7.08. The Balaban J connectivity index is 2.58. The Labute approximate surface area is 94.6 Å². The predicted octanol–water partition coefficient (Wildman–Crippen LogP) is 2.18. The number of hydrogen-bond acceptors (Lipinski definition) is 2. The first kappa shape index (κ1) is 11.9. The Morgan fingerprint density at radius 1 is 1.60 bits per heavy atom. The maximum atomic E-state index is 10.8. The molecule has 1 unspecified atom stereocenters. The van der Waals surface area contributed by atoms with Crippen molar-refractivity contribution in [2.45, 2.75) is 13.8 Å². The molecule has 3 nitrogen and oxygen atoms in total. The van der Waals surface area contributed by atoms with Crippen molar-refractivity contribution in [1.29, 1.82) is 0 Å². The lowest BCUT2D eigenvalue weighted by molar-refractivity contribution is -0.120. The van der Waals surface area contributed by atoms with Gasteiger partial charge in [0.1, 0.15) is 0 Å². The predicted molar refractivity (Wildman–Crippen MR) is 63.0 cm³/mol. The van der Waals surface area contributed by atoms with Crippen LogP contribution in [0.3, 0.4) is 0 Å². The van der Waals surface area contributed by atoms with Crippen LogP contribution in [0.4, 0.5) is 5.69 Å². The van der Waals surface area contributed by atoms with Crippen molar-refractivity contribution in [3.63, 3.8) is 0 Å². The molecule has 15 heavy (non-hydrogen) atoms. The van der Waals surface area contributed by atoms with Gasteiger partial charge >= 0.3 is 0 Å². The minimum atomic E-state index is -0.305. The van der Waals surface area contributed by atoms with Crippen molar-refractivity contribution in [1.82, 2.24) is 0 Å². The second-order valence-electron chi connectivity index (χ2n) is 3.65. The van der Waals surface area contributed by atoms with Crippen LogP contribution in [0, 0.1) is 12.8 Å². The summed E-state index contributed by atoms with van der Waals surface area (Å²) in [4.78, 5) is 10.8. The third-order valence-corrected chi connectivity index (χ3v) is 2.68. The second kappa shape index (κ2) is 5.03. The van der Waals surface area contributed by atoms with Crippen molar-refractivity contribution in [2.75, 3.05) is 11.9 Å². The first-order chi connectivity index (χ1) is 7.00. The van der Waals surface area contributed by atoms with Gasteiger partial charge in [-0.3, -0.25) is 4.79 Å². The molecule has 4 heteroatoms. The van der Waals surface area contributed by atoms with Gasteiger partial charge in [0, 0.05) is 17.3 Å². The van der Waals surface area contributed by atoms with E-state index >= 15 is 0 Å². The largest absolute Gasteiger partial charge is 0.384 e. The number of aryl methyl sites for hydroxylation is 1. The summed E-state index contributed by atoms with van der Waals surface area (Å²) in [6.45, 7) is 4.25. The van der Waals surface area contributed by atoms with Crippen LogP contribution < -0.4 is 11.1 Å². The monoisotopic (exact) mass is 226 g/mol. The third-order valence-electron chi connectivity index (χ3n) is 2.27. The van der Waals surface area contributed by atoms with Crippen LogP contribution in [0.1, 0.15) is 12.5 Å². The quantitative estimate of drug-likeness (QED) is 0.827. The fraction of sp³-hybridized carbons (Fsp3) is 0.364. The van der Waals surface area contributed by atoms with Gasteiger partial charge in [0.15, 0.2) is 0 Å². The van der Waals surface area contributed by atoms with E-state index in [-0.39, 0.29) is 11.8 Å². The molecule has 0 radical (unpaired) electrons. The van der Waals surface area contributed by atoms with E-state index in [2.05, 4.69) is 5.32 Å². The topological polar surface area (TPSA) is 55.1 Å². The zero-order valence-corrected chi connectivity index (χ0v) is 9.64. The highest BCUT2D eigenvalue weighted by Crippen LogP contribution is 2.19. The van der Waals surface area contributed by atoms with Crippen molar-refractivity contribution in [3.05, 3.63) is 28.8 Å². The number of amides is 1. The summed E-state index contributed by atoms with van der Waals surface area (Å²) in [5, 5.41) is 3.82. The molecule has 1 aromatic carbocycles. The fourth-order valence-corrected chi connectivity index (χ4v) is 1.25. The third kappa shape index (κ3) is 3.44. The molecule has 1 aromatic rings. The van der Waals surface area contributed by atoms with Crippen LogP contribution in [-0.2, 0) is 4.79 Å². The Hall–Kier alpha value is -1.22. The zero-order chi connectivity index (χ0) is 11.4. The van der Waals surface area contributed by atoms with Gasteiger partial charge in [-0.25, -0.2) is 0 Å². The molecule has 0 aliphatic rings. The van der Waals surface area contributed by atoms with Gasteiger partial charge in [-0.15, -0.1) is 0 Å². The summed E-state index contributed by atoms with van der Waals surface area (Å²) in [6, 6.07) is 5.69. The second-order valence-corrected chi connectivity index (χ2v) is 4.06. The first-order valence-corrected chi connectivity index (χ1v) is 5.18. The lowest BCUT2D eigenvalue weighted by Gasteiger charge is -2.11. The molecular weight excluding hydrogens is 212 g/mol. The molecule has 3 N–H and O–H groups in total. The summed E-state index contributed by atoms with van der Waals surface area (Å²) >= 11 is 5.96. The molecule has 0 bridgehead atoms. The summed E-state index contributed by atoms with van der Waals surface area (Å²) in [7, 11) is 0. The number of hydrogen-bond donors (Lipinski definition) is 2. The number of halogens is 1. The minimum Gasteiger partial charge on any atom is -0.384 e. The molecule has 1 amide bonds. The van der Waals surface area contributed by atoms with E-state index in [0.29, 0.717) is 11.6 Å². The molecule has 0 heterocycles. The van der Waals surface area contributed by atoms with E-state index in [0.717, 1.165) is 11.3 Å². The highest BCUT2D eigenvalue weighted by Gasteiger charge is 2.07. The molecule has 1 rings (SSSR count). The number of nitrogens with two attached hydrogens (primary N) is 1. The average Bonchev–Trinajstić information content (AvgIpc) is 2.19. The number of carbonyl (C=O) groups excluding carboxylic acids is 1. The number of benzene rings is 1. The first-order valence-electron chi connectivity index (χ1n) is 4.80. The Morgan fingerprint density at radius 3 is 2.80 bits per heavy atom. The molecule has 0 aliphatic heterocycles. The van der Waals surface area contributed by atoms with Crippen LogP contribution in [0.5, 0.6) is 0 Å². The SMILES string of the molecule is Cc1ccc(NCC(C)C(N)=O)cc1Cl. The fourth-order valence-electron chi connectivity index (χ4n) is 1.07. The molecule has 0 spiro atoms. The van der Waals surface area contributed by atoms with Crippen molar-refractivity contribution >= 4 is 23.2 Å². The summed E-state index contributed by atoms with van der Waals surface area (Å²) < 4.78 is 0. The molecule has 0 aromatic heterocycles. The van der Waals surface area contributed by atoms with E-state index in [9.17, 15) is 4.79 Å². The number of primary amides is 1. The van der Waals surface area contributed by atoms with E-state index in [1.165, 1.54) is 0 Å². The van der Waals surface area contributed by atoms with Crippen molar-refractivity contribution in [3.8, 4) is 0 Å². The Morgan fingerprint density at radius 2 is 2.27 bits per heavy atom. The number of nitrogens with one attached hydrogen (secondary N) is 1. The van der Waals surface area contributed by atoms with Gasteiger partial charge in [-0.2, -0.15) is 0 Å². The minimum absolute atomic E-state index is 0.190. The Kier molecular flexibility index (Phi) is 3.97. The molecule has 0 fully saturated rings. The van der Waals surface area contributed by atoms with Gasteiger partial charge in [0.25, 0.3) is 0 Å². The van der Waals surface area contributed by atoms with E-state index in [4.69, 9.17) is 17.3 Å². The highest BCUT2D eigenvalue weighted by atomic mass is 35.5. The van der Waals surface area contributed by atoms with Gasteiger partial charge in [0.2, 0.25) is 5.91 Å². The average molecular weight is 227 g/mol. The standard InChI is InChI=1S/C11H15ClN2O/c1-7-3-4-9(5-10(7)12)14-6-8(2)11(13)15/h3-5,8,14H,6H2,1-2H3,(H2,13,15). The van der Waals surface area contributed by atoms with E-state index < -0.39 is 0 Å². The van der Waals surface area contributed by atoms with Gasteiger partial charge < -0.3 is 11.1 Å². The van der Waals surface area contributed by atoms with E-state index in [1.807, 2.05) is 25.1 Å². The molecule has 0 aliphatic carbocycles. The maximum absolute atomic E-state index is 10.8. The normalized spacial score (nSPS) is 12.2. The lowest BCUT2D eigenvalue weighted by Crippen LogP contribution is -2.26. The zero-order valence-electron chi connectivity index (χ0n) is 8.88. The van der Waals surface area contributed by atoms with Crippen LogP contribution in [-0.4, -0.2) is 12.5 Å². The van der Waals surface area contributed by atoms with Crippen molar-refractivity contribution < 1.29 is 4.79 Å². The molecule has 0 saturated carbocycles. The Bertz CT molecular complexity index is 366. The van der Waals surface area contributed by atoms with Crippen LogP contribution in [0.2, 0.25) is 5.02 Å². The number of rotatable bonds is 4. The molecular formula is C11H15ClN2O. The van der Waals surface area contributed by atoms with E-state index in [1.54, 1.807) is 6.92 Å². The summed E-state index contributed by atoms with van der Waals surface area (Å²) in [6.07, 6.45) is 0. The maximum Gasteiger partial charge on any atom is 0.222 e. The smallest absolute Gasteiger partial charge is 0.222 e. The van der Waals surface area contributed by atoms with Crippen LogP contribution >= 0.6 is 11.6 Å². The van der Waals surface area contributed by atoms with Gasteiger partial charge in [0.05, 0.1) is 5.92 Å². The van der Waals surface area contributed by atoms with Crippen molar-refractivity contribution in [2.24, 2.45) is 11.7 Å². The molecule has 1 atom stereocenters.